The minimum atomic E-state index is -1.72. The molecule has 156 valence electrons. The lowest BCUT2D eigenvalue weighted by atomic mass is 9.91. The van der Waals surface area contributed by atoms with Crippen molar-refractivity contribution in [3.05, 3.63) is 119 Å². The Morgan fingerprint density at radius 3 is 2.00 bits per heavy atom. The van der Waals surface area contributed by atoms with E-state index >= 15 is 0 Å². The van der Waals surface area contributed by atoms with Gasteiger partial charge >= 0.3 is 0 Å². The van der Waals surface area contributed by atoms with Crippen LogP contribution in [-0.2, 0) is 6.42 Å². The molecule has 1 heteroatoms. The van der Waals surface area contributed by atoms with Crippen molar-refractivity contribution in [2.45, 2.75) is 40.3 Å². The summed E-state index contributed by atoms with van der Waals surface area (Å²) in [5, 5.41) is 2.96. The van der Waals surface area contributed by atoms with Crippen molar-refractivity contribution in [3.63, 3.8) is 0 Å². The summed E-state index contributed by atoms with van der Waals surface area (Å²) in [6.07, 6.45) is 0.987. The molecule has 0 N–H and O–H groups in total. The average molecular weight is 421 g/mol. The van der Waals surface area contributed by atoms with Gasteiger partial charge in [0.05, 0.1) is 0 Å². The Morgan fingerprint density at radius 1 is 0.613 bits per heavy atom. The zero-order valence-electron chi connectivity index (χ0n) is 19.4. The van der Waals surface area contributed by atoms with E-state index in [2.05, 4.69) is 125 Å². The number of hydrogen-bond donors (Lipinski definition) is 0. The molecular formula is C30H32Si. The van der Waals surface area contributed by atoms with Crippen LogP contribution in [0.5, 0.6) is 0 Å². The van der Waals surface area contributed by atoms with Gasteiger partial charge in [-0.2, -0.15) is 0 Å². The normalized spacial score (nSPS) is 11.5. The lowest BCUT2D eigenvalue weighted by molar-refractivity contribution is 1.13. The second kappa shape index (κ2) is 8.68. The smallest absolute Gasteiger partial charge is 0.0626 e. The highest BCUT2D eigenvalue weighted by Gasteiger charge is 2.26. The summed E-state index contributed by atoms with van der Waals surface area (Å²) < 4.78 is 0. The van der Waals surface area contributed by atoms with Crippen LogP contribution in [0.15, 0.2) is 91.0 Å². The van der Waals surface area contributed by atoms with Crippen LogP contribution in [0.4, 0.5) is 0 Å². The Balaban J connectivity index is 1.68. The highest BCUT2D eigenvalue weighted by atomic mass is 28.3. The van der Waals surface area contributed by atoms with Gasteiger partial charge in [0.15, 0.2) is 0 Å². The van der Waals surface area contributed by atoms with E-state index < -0.39 is 8.07 Å². The summed E-state index contributed by atoms with van der Waals surface area (Å²) in [4.78, 5) is 0. The Labute approximate surface area is 188 Å². The molecule has 0 spiro atoms. The fraction of sp³-hybridized carbons (Fsp3) is 0.200. The second-order valence-corrected chi connectivity index (χ2v) is 13.7. The van der Waals surface area contributed by atoms with E-state index in [4.69, 9.17) is 0 Å². The van der Waals surface area contributed by atoms with Crippen molar-refractivity contribution >= 4 is 18.4 Å². The molecule has 0 nitrogen and oxygen atoms in total. The molecule has 4 aromatic carbocycles. The molecule has 0 aliphatic rings. The third-order valence-corrected chi connectivity index (χ3v) is 10.3. The molecule has 0 unspecified atom stereocenters. The molecule has 0 saturated heterocycles. The van der Waals surface area contributed by atoms with Crippen molar-refractivity contribution in [2.24, 2.45) is 0 Å². The van der Waals surface area contributed by atoms with Gasteiger partial charge in [-0.1, -0.05) is 120 Å². The summed E-state index contributed by atoms with van der Waals surface area (Å²) >= 11 is 0. The van der Waals surface area contributed by atoms with Crippen LogP contribution < -0.4 is 10.4 Å². The number of rotatable bonds is 5. The lowest BCUT2D eigenvalue weighted by Gasteiger charge is -2.24. The van der Waals surface area contributed by atoms with Crippen molar-refractivity contribution < 1.29 is 0 Å². The van der Waals surface area contributed by atoms with Gasteiger partial charge in [-0.25, -0.2) is 0 Å². The predicted octanol–water partition coefficient (Wildman–Crippen LogP) is 6.69. The fourth-order valence-corrected chi connectivity index (χ4v) is 6.79. The molecular weight excluding hydrogens is 388 g/mol. The molecule has 0 atom stereocenters. The van der Waals surface area contributed by atoms with Crippen molar-refractivity contribution in [1.29, 1.82) is 0 Å². The van der Waals surface area contributed by atoms with Crippen LogP contribution in [0.2, 0.25) is 13.1 Å². The molecule has 0 fully saturated rings. The van der Waals surface area contributed by atoms with Crippen molar-refractivity contribution in [2.75, 3.05) is 0 Å². The molecule has 0 bridgehead atoms. The van der Waals surface area contributed by atoms with Gasteiger partial charge in [-0.3, -0.25) is 0 Å². The molecule has 0 heterocycles. The lowest BCUT2D eigenvalue weighted by Crippen LogP contribution is -2.52. The molecule has 0 aromatic heterocycles. The van der Waals surface area contributed by atoms with Crippen LogP contribution in [0.3, 0.4) is 0 Å². The molecule has 0 aliphatic heterocycles. The first-order valence-corrected chi connectivity index (χ1v) is 14.2. The Kier molecular flexibility index (Phi) is 5.98. The van der Waals surface area contributed by atoms with Crippen molar-refractivity contribution in [1.82, 2.24) is 0 Å². The Bertz CT molecular complexity index is 1190. The van der Waals surface area contributed by atoms with Gasteiger partial charge in [-0.15, -0.1) is 0 Å². The summed E-state index contributed by atoms with van der Waals surface area (Å²) in [5.41, 5.74) is 9.58. The fourth-order valence-electron chi connectivity index (χ4n) is 4.40. The summed E-state index contributed by atoms with van der Waals surface area (Å²) in [6, 6.07) is 33.8. The quantitative estimate of drug-likeness (QED) is 0.315. The summed E-state index contributed by atoms with van der Waals surface area (Å²) in [7, 11) is -1.72. The highest BCUT2D eigenvalue weighted by Crippen LogP contribution is 2.29. The van der Waals surface area contributed by atoms with E-state index in [1.807, 2.05) is 0 Å². The molecule has 0 radical (unpaired) electrons. The largest absolute Gasteiger partial charge is 0.112 e. The van der Waals surface area contributed by atoms with Crippen LogP contribution in [0, 0.1) is 20.8 Å². The number of aryl methyl sites for hydroxylation is 1. The van der Waals surface area contributed by atoms with Crippen LogP contribution in [0.25, 0.3) is 11.1 Å². The number of benzene rings is 4. The maximum atomic E-state index is 2.45. The molecule has 31 heavy (non-hydrogen) atoms. The third-order valence-electron chi connectivity index (χ3n) is 6.81. The number of hydrogen-bond acceptors (Lipinski definition) is 0. The van der Waals surface area contributed by atoms with Gasteiger partial charge in [0.2, 0.25) is 0 Å². The predicted molar refractivity (Wildman–Crippen MR) is 139 cm³/mol. The molecule has 0 saturated carbocycles. The minimum Gasteiger partial charge on any atom is -0.0626 e. The zero-order chi connectivity index (χ0) is 22.0. The van der Waals surface area contributed by atoms with Gasteiger partial charge in [0.1, 0.15) is 8.07 Å². The first kappa shape index (κ1) is 21.3. The molecule has 0 amide bonds. The van der Waals surface area contributed by atoms with Crippen LogP contribution >= 0.6 is 0 Å². The van der Waals surface area contributed by atoms with E-state index in [1.165, 1.54) is 49.3 Å². The van der Waals surface area contributed by atoms with Gasteiger partial charge in [0, 0.05) is 0 Å². The van der Waals surface area contributed by atoms with Gasteiger partial charge in [0.25, 0.3) is 0 Å². The average Bonchev–Trinajstić information content (AvgIpc) is 2.79. The minimum absolute atomic E-state index is 0.987. The van der Waals surface area contributed by atoms with E-state index in [0.29, 0.717) is 0 Å². The highest BCUT2D eigenvalue weighted by molar-refractivity contribution is 7.00. The third kappa shape index (κ3) is 4.43. The summed E-state index contributed by atoms with van der Waals surface area (Å²) in [6.45, 7) is 11.6. The Morgan fingerprint density at radius 2 is 1.29 bits per heavy atom. The summed E-state index contributed by atoms with van der Waals surface area (Å²) in [5.74, 6) is 0. The van der Waals surface area contributed by atoms with Gasteiger partial charge < -0.3 is 0 Å². The second-order valence-electron chi connectivity index (χ2n) is 9.26. The molecule has 4 aromatic rings. The topological polar surface area (TPSA) is 0 Å². The van der Waals surface area contributed by atoms with E-state index in [9.17, 15) is 0 Å². The first-order valence-electron chi connectivity index (χ1n) is 11.2. The van der Waals surface area contributed by atoms with Crippen molar-refractivity contribution in [3.8, 4) is 11.1 Å². The standard InChI is InChI=1S/C30H32Si/c1-22-14-16-25(17-15-22)20-26-18-19-30(24(3)23(26)2)27-10-9-13-29(21-27)31(4,5)28-11-7-6-8-12-28/h6-19,21H,20H2,1-5H3. The van der Waals surface area contributed by atoms with Crippen LogP contribution in [0.1, 0.15) is 27.8 Å². The first-order chi connectivity index (χ1) is 14.9. The molecule has 4 rings (SSSR count). The maximum absolute atomic E-state index is 2.45. The van der Waals surface area contributed by atoms with Gasteiger partial charge in [-0.05, 0) is 60.6 Å². The zero-order valence-corrected chi connectivity index (χ0v) is 20.4. The van der Waals surface area contributed by atoms with E-state index in [0.717, 1.165) is 6.42 Å². The Hall–Kier alpha value is -2.90. The monoisotopic (exact) mass is 420 g/mol. The van der Waals surface area contributed by atoms with E-state index in [-0.39, 0.29) is 0 Å². The van der Waals surface area contributed by atoms with Crippen LogP contribution in [-0.4, -0.2) is 8.07 Å². The maximum Gasteiger partial charge on any atom is 0.112 e. The molecule has 0 aliphatic carbocycles. The van der Waals surface area contributed by atoms with E-state index in [1.54, 1.807) is 0 Å². The SMILES string of the molecule is Cc1ccc(Cc2ccc(-c3cccc([Si](C)(C)c4ccccc4)c3)c(C)c2C)cc1.